The molecule has 0 amide bonds. The van der Waals surface area contributed by atoms with Crippen LogP contribution in [0.1, 0.15) is 46.0 Å². The van der Waals surface area contributed by atoms with Crippen LogP contribution in [0.3, 0.4) is 0 Å². The van der Waals surface area contributed by atoms with Crippen molar-refractivity contribution in [1.82, 2.24) is 10.0 Å². The summed E-state index contributed by atoms with van der Waals surface area (Å²) in [4.78, 5) is 0. The maximum absolute atomic E-state index is 11.9. The topological polar surface area (TPSA) is 58.2 Å². The molecule has 0 aromatic carbocycles. The Morgan fingerprint density at radius 1 is 1.11 bits per heavy atom. The summed E-state index contributed by atoms with van der Waals surface area (Å²) in [5.41, 5.74) is 0. The summed E-state index contributed by atoms with van der Waals surface area (Å²) in [6.45, 7) is 5.79. The zero-order valence-corrected chi connectivity index (χ0v) is 14.2. The maximum Gasteiger partial charge on any atom is 0.215 e. The second-order valence-electron chi connectivity index (χ2n) is 4.86. The van der Waals surface area contributed by atoms with Crippen molar-refractivity contribution in [3.63, 3.8) is 0 Å². The first-order valence-corrected chi connectivity index (χ1v) is 10.2. The summed E-state index contributed by atoms with van der Waals surface area (Å²) >= 11 is 1.86. The summed E-state index contributed by atoms with van der Waals surface area (Å²) in [7, 11) is -3.15. The van der Waals surface area contributed by atoms with Crippen molar-refractivity contribution in [2.45, 2.75) is 51.2 Å². The third-order valence-corrected chi connectivity index (χ3v) is 5.50. The van der Waals surface area contributed by atoms with Crippen LogP contribution in [0.25, 0.3) is 0 Å². The number of sulfonamides is 1. The lowest BCUT2D eigenvalue weighted by atomic mass is 10.2. The second kappa shape index (κ2) is 12.0. The average Bonchev–Trinajstić information content (AvgIpc) is 2.37. The van der Waals surface area contributed by atoms with Gasteiger partial charge in [-0.05, 0) is 44.7 Å². The van der Waals surface area contributed by atoms with Crippen molar-refractivity contribution in [3.8, 4) is 0 Å². The van der Waals surface area contributed by atoms with E-state index in [1.54, 1.807) is 6.92 Å². The van der Waals surface area contributed by atoms with Gasteiger partial charge in [-0.15, -0.1) is 0 Å². The molecule has 0 spiro atoms. The number of hydrogen-bond donors (Lipinski definition) is 2. The van der Waals surface area contributed by atoms with E-state index in [2.05, 4.69) is 23.2 Å². The van der Waals surface area contributed by atoms with Crippen molar-refractivity contribution < 1.29 is 8.42 Å². The quantitative estimate of drug-likeness (QED) is 0.512. The lowest BCUT2D eigenvalue weighted by Crippen LogP contribution is -2.39. The molecular weight excluding hydrogens is 280 g/mol. The molecule has 0 aliphatic heterocycles. The first-order chi connectivity index (χ1) is 9.04. The molecule has 0 aliphatic rings. The molecule has 19 heavy (non-hydrogen) atoms. The lowest BCUT2D eigenvalue weighted by Gasteiger charge is -2.14. The number of thioether (sulfide) groups is 1. The molecule has 0 radical (unpaired) electrons. The molecular formula is C13H30N2O2S2. The molecule has 0 heterocycles. The van der Waals surface area contributed by atoms with Gasteiger partial charge in [0.25, 0.3) is 0 Å². The molecule has 0 aliphatic carbocycles. The molecule has 0 saturated carbocycles. The van der Waals surface area contributed by atoms with Gasteiger partial charge in [-0.3, -0.25) is 0 Å². The molecule has 0 rings (SSSR count). The second-order valence-corrected chi connectivity index (χ2v) is 8.03. The summed E-state index contributed by atoms with van der Waals surface area (Å²) < 4.78 is 26.5. The molecule has 1 atom stereocenters. The van der Waals surface area contributed by atoms with Gasteiger partial charge in [0.05, 0.1) is 5.25 Å². The van der Waals surface area contributed by atoms with Crippen LogP contribution in [0.15, 0.2) is 0 Å². The Morgan fingerprint density at radius 3 is 2.42 bits per heavy atom. The van der Waals surface area contributed by atoms with Crippen LogP contribution in [0.2, 0.25) is 0 Å². The number of nitrogens with one attached hydrogen (secondary N) is 2. The van der Waals surface area contributed by atoms with Crippen LogP contribution in [0.5, 0.6) is 0 Å². The normalized spacial score (nSPS) is 13.6. The fraction of sp³-hybridized carbons (Fsp3) is 1.00. The Morgan fingerprint density at radius 2 is 1.79 bits per heavy atom. The Labute approximate surface area is 123 Å². The minimum absolute atomic E-state index is 0.365. The van der Waals surface area contributed by atoms with Crippen LogP contribution < -0.4 is 10.0 Å². The van der Waals surface area contributed by atoms with E-state index in [9.17, 15) is 8.42 Å². The number of unbranched alkanes of at least 4 members (excludes halogenated alkanes) is 3. The Kier molecular flexibility index (Phi) is 12.1. The van der Waals surface area contributed by atoms with E-state index in [0.29, 0.717) is 13.1 Å². The van der Waals surface area contributed by atoms with Gasteiger partial charge >= 0.3 is 0 Å². The van der Waals surface area contributed by atoms with Crippen LogP contribution >= 0.6 is 11.8 Å². The van der Waals surface area contributed by atoms with Gasteiger partial charge in [-0.25, -0.2) is 13.1 Å². The average molecular weight is 311 g/mol. The minimum atomic E-state index is -3.15. The molecule has 0 aromatic rings. The molecule has 0 saturated heterocycles. The Balaban J connectivity index is 3.66. The monoisotopic (exact) mass is 310 g/mol. The van der Waals surface area contributed by atoms with Crippen molar-refractivity contribution in [2.24, 2.45) is 0 Å². The summed E-state index contributed by atoms with van der Waals surface area (Å²) in [5.74, 6) is 1.20. The van der Waals surface area contributed by atoms with Crippen LogP contribution in [0.4, 0.5) is 0 Å². The first-order valence-electron chi connectivity index (χ1n) is 7.22. The lowest BCUT2D eigenvalue weighted by molar-refractivity contribution is 0.551. The molecule has 116 valence electrons. The predicted molar refractivity (Wildman–Crippen MR) is 86.4 cm³/mol. The van der Waals surface area contributed by atoms with Crippen molar-refractivity contribution in [3.05, 3.63) is 0 Å². The van der Waals surface area contributed by atoms with Crippen molar-refractivity contribution in [2.75, 3.05) is 31.6 Å². The molecule has 0 fully saturated rings. The van der Waals surface area contributed by atoms with E-state index in [4.69, 9.17) is 0 Å². The van der Waals surface area contributed by atoms with Crippen molar-refractivity contribution in [1.29, 1.82) is 0 Å². The molecule has 6 heteroatoms. The smallest absolute Gasteiger partial charge is 0.215 e. The van der Waals surface area contributed by atoms with Gasteiger partial charge < -0.3 is 5.32 Å². The summed E-state index contributed by atoms with van der Waals surface area (Å²) in [5, 5.41) is 2.78. The van der Waals surface area contributed by atoms with E-state index in [-0.39, 0.29) is 5.25 Å². The van der Waals surface area contributed by atoms with Crippen LogP contribution in [0, 0.1) is 0 Å². The first kappa shape index (κ1) is 19.2. The van der Waals surface area contributed by atoms with Gasteiger partial charge in [0.2, 0.25) is 10.0 Å². The molecule has 0 bridgehead atoms. The van der Waals surface area contributed by atoms with E-state index in [1.807, 2.05) is 11.8 Å². The van der Waals surface area contributed by atoms with Crippen LogP contribution in [-0.2, 0) is 10.0 Å². The van der Waals surface area contributed by atoms with E-state index in [1.165, 1.54) is 18.6 Å². The highest BCUT2D eigenvalue weighted by molar-refractivity contribution is 7.98. The minimum Gasteiger partial charge on any atom is -0.315 e. The Bertz CT molecular complexity index is 295. The van der Waals surface area contributed by atoms with E-state index >= 15 is 0 Å². The highest BCUT2D eigenvalue weighted by Gasteiger charge is 2.18. The Hall–Kier alpha value is 0.220. The van der Waals surface area contributed by atoms with Gasteiger partial charge in [0.1, 0.15) is 0 Å². The zero-order valence-electron chi connectivity index (χ0n) is 12.6. The standard InChI is InChI=1S/C13H30N2O2S2/c1-4-9-14-12-13(2)19(16,17)15-10-7-5-6-8-11-18-3/h13-15H,4-12H2,1-3H3. The van der Waals surface area contributed by atoms with Gasteiger partial charge in [-0.2, -0.15) is 11.8 Å². The SMILES string of the molecule is CCCNCC(C)S(=O)(=O)NCCCCCCSC. The fourth-order valence-electron chi connectivity index (χ4n) is 1.67. The highest BCUT2D eigenvalue weighted by atomic mass is 32.2. The van der Waals surface area contributed by atoms with E-state index < -0.39 is 10.0 Å². The van der Waals surface area contributed by atoms with E-state index in [0.717, 1.165) is 25.8 Å². The third-order valence-electron chi connectivity index (χ3n) is 2.97. The molecule has 4 nitrogen and oxygen atoms in total. The summed E-state index contributed by atoms with van der Waals surface area (Å²) in [6, 6.07) is 0. The number of hydrogen-bond acceptors (Lipinski definition) is 4. The number of rotatable bonds is 13. The maximum atomic E-state index is 11.9. The zero-order chi connectivity index (χ0) is 14.6. The van der Waals surface area contributed by atoms with Gasteiger partial charge in [-0.1, -0.05) is 19.8 Å². The molecule has 2 N–H and O–H groups in total. The predicted octanol–water partition coefficient (Wildman–Crippen LogP) is 2.22. The summed E-state index contributed by atoms with van der Waals surface area (Å²) in [6.07, 6.45) is 7.59. The fourth-order valence-corrected chi connectivity index (χ4v) is 3.22. The molecule has 0 aromatic heterocycles. The van der Waals surface area contributed by atoms with Gasteiger partial charge in [0.15, 0.2) is 0 Å². The van der Waals surface area contributed by atoms with Crippen molar-refractivity contribution >= 4 is 21.8 Å². The van der Waals surface area contributed by atoms with Crippen LogP contribution in [-0.4, -0.2) is 45.3 Å². The largest absolute Gasteiger partial charge is 0.315 e. The molecule has 1 unspecified atom stereocenters. The highest BCUT2D eigenvalue weighted by Crippen LogP contribution is 2.04. The third kappa shape index (κ3) is 10.6. The van der Waals surface area contributed by atoms with Gasteiger partial charge in [0, 0.05) is 13.1 Å².